The van der Waals surface area contributed by atoms with Crippen LogP contribution in [-0.4, -0.2) is 20.8 Å². The minimum absolute atomic E-state index is 0.315. The van der Waals surface area contributed by atoms with Crippen LogP contribution in [0.1, 0.15) is 51.6 Å². The lowest BCUT2D eigenvalue weighted by atomic mass is 9.90. The zero-order valence-corrected chi connectivity index (χ0v) is 13.5. The summed E-state index contributed by atoms with van der Waals surface area (Å²) in [4.78, 5) is 0. The molecule has 0 spiro atoms. The number of benzene rings is 1. The first-order valence-electron chi connectivity index (χ1n) is 7.65. The Balaban J connectivity index is 3.07. The lowest BCUT2D eigenvalue weighted by molar-refractivity contribution is 0.333. The van der Waals surface area contributed by atoms with Crippen LogP contribution in [0.15, 0.2) is 18.2 Å². The van der Waals surface area contributed by atoms with Gasteiger partial charge in [-0.3, -0.25) is 0 Å². The summed E-state index contributed by atoms with van der Waals surface area (Å²) in [6.45, 7) is 7.62. The number of nitrogens with one attached hydrogen (secondary N) is 1. The Kier molecular flexibility index (Phi) is 7.45. The maximum absolute atomic E-state index is 5.58. The van der Waals surface area contributed by atoms with Gasteiger partial charge in [-0.1, -0.05) is 45.7 Å². The number of hydrogen-bond acceptors (Lipinski definition) is 3. The fraction of sp³-hybridized carbons (Fsp3) is 0.647. The summed E-state index contributed by atoms with van der Waals surface area (Å²) in [6, 6.07) is 6.43. The van der Waals surface area contributed by atoms with E-state index in [2.05, 4.69) is 32.2 Å². The van der Waals surface area contributed by atoms with Crippen molar-refractivity contribution in [3.8, 4) is 11.5 Å². The average molecular weight is 279 g/mol. The van der Waals surface area contributed by atoms with Crippen molar-refractivity contribution in [1.29, 1.82) is 0 Å². The number of methoxy groups -OCH3 is 2. The molecule has 0 aliphatic carbocycles. The van der Waals surface area contributed by atoms with Crippen molar-refractivity contribution in [1.82, 2.24) is 5.32 Å². The smallest absolute Gasteiger partial charge is 0.165 e. The normalized spacial score (nSPS) is 12.5. The van der Waals surface area contributed by atoms with Crippen molar-refractivity contribution in [2.45, 2.75) is 46.1 Å². The van der Waals surface area contributed by atoms with E-state index in [4.69, 9.17) is 9.47 Å². The highest BCUT2D eigenvalue weighted by Crippen LogP contribution is 2.37. The first kappa shape index (κ1) is 16.8. The second-order valence-corrected chi connectivity index (χ2v) is 5.11. The molecule has 1 aromatic rings. The predicted octanol–water partition coefficient (Wildman–Crippen LogP) is 4.18. The Hall–Kier alpha value is -1.22. The van der Waals surface area contributed by atoms with E-state index < -0.39 is 0 Å². The lowest BCUT2D eigenvalue weighted by Crippen LogP contribution is -2.24. The first-order valence-corrected chi connectivity index (χ1v) is 7.65. The van der Waals surface area contributed by atoms with Gasteiger partial charge in [0.25, 0.3) is 0 Å². The third-order valence-corrected chi connectivity index (χ3v) is 3.98. The summed E-state index contributed by atoms with van der Waals surface area (Å²) in [5.41, 5.74) is 1.20. The number of para-hydroxylation sites is 1. The molecule has 1 N–H and O–H groups in total. The van der Waals surface area contributed by atoms with Gasteiger partial charge in [0.2, 0.25) is 0 Å². The quantitative estimate of drug-likeness (QED) is 0.735. The molecule has 0 saturated heterocycles. The Morgan fingerprint density at radius 1 is 1.05 bits per heavy atom. The minimum atomic E-state index is 0.315. The van der Waals surface area contributed by atoms with Gasteiger partial charge >= 0.3 is 0 Å². The van der Waals surface area contributed by atoms with Gasteiger partial charge in [0.1, 0.15) is 0 Å². The molecule has 1 rings (SSSR count). The number of ether oxygens (including phenoxy) is 2. The molecule has 3 heteroatoms. The highest BCUT2D eigenvalue weighted by Gasteiger charge is 2.20. The molecule has 1 atom stereocenters. The SMILES string of the molecule is CCNC(CC(CC)CC)c1cccc(OC)c1OC. The molecule has 0 radical (unpaired) electrons. The Morgan fingerprint density at radius 2 is 1.75 bits per heavy atom. The van der Waals surface area contributed by atoms with Gasteiger partial charge in [-0.2, -0.15) is 0 Å². The van der Waals surface area contributed by atoms with Gasteiger partial charge in [0.05, 0.1) is 14.2 Å². The van der Waals surface area contributed by atoms with Crippen molar-refractivity contribution in [3.63, 3.8) is 0 Å². The maximum Gasteiger partial charge on any atom is 0.165 e. The molecule has 0 fully saturated rings. The molecule has 1 unspecified atom stereocenters. The van der Waals surface area contributed by atoms with E-state index in [1.54, 1.807) is 14.2 Å². The van der Waals surface area contributed by atoms with Crippen LogP contribution in [0.5, 0.6) is 11.5 Å². The second-order valence-electron chi connectivity index (χ2n) is 5.11. The Bertz CT molecular complexity index is 389. The number of hydrogen-bond donors (Lipinski definition) is 1. The molecule has 114 valence electrons. The fourth-order valence-corrected chi connectivity index (χ4v) is 2.71. The van der Waals surface area contributed by atoms with Gasteiger partial charge in [0, 0.05) is 11.6 Å². The summed E-state index contributed by atoms with van der Waals surface area (Å²) in [5.74, 6) is 2.39. The van der Waals surface area contributed by atoms with E-state index in [-0.39, 0.29) is 0 Å². The summed E-state index contributed by atoms with van der Waals surface area (Å²) in [6.07, 6.45) is 3.56. The van der Waals surface area contributed by atoms with Crippen molar-refractivity contribution < 1.29 is 9.47 Å². The molecule has 0 heterocycles. The van der Waals surface area contributed by atoms with Crippen LogP contribution in [0.4, 0.5) is 0 Å². The van der Waals surface area contributed by atoms with Crippen LogP contribution in [0.3, 0.4) is 0 Å². The van der Waals surface area contributed by atoms with Crippen LogP contribution in [-0.2, 0) is 0 Å². The van der Waals surface area contributed by atoms with Gasteiger partial charge in [-0.05, 0) is 24.9 Å². The summed E-state index contributed by atoms with van der Waals surface area (Å²) in [7, 11) is 3.40. The Labute approximate surface area is 123 Å². The monoisotopic (exact) mass is 279 g/mol. The average Bonchev–Trinajstić information content (AvgIpc) is 2.50. The second kappa shape index (κ2) is 8.85. The summed E-state index contributed by atoms with van der Waals surface area (Å²) >= 11 is 0. The molecule has 3 nitrogen and oxygen atoms in total. The molecule has 0 aliphatic heterocycles. The van der Waals surface area contributed by atoms with Crippen molar-refractivity contribution >= 4 is 0 Å². The molecule has 0 saturated carbocycles. The zero-order valence-electron chi connectivity index (χ0n) is 13.5. The standard InChI is InChI=1S/C17H29NO2/c1-6-13(7-2)12-15(18-8-3)14-10-9-11-16(19-4)17(14)20-5/h9-11,13,15,18H,6-8,12H2,1-5H3. The van der Waals surface area contributed by atoms with Gasteiger partial charge < -0.3 is 14.8 Å². The molecule has 0 aromatic heterocycles. The Morgan fingerprint density at radius 3 is 2.25 bits per heavy atom. The van der Waals surface area contributed by atoms with E-state index in [1.807, 2.05) is 12.1 Å². The molecular weight excluding hydrogens is 250 g/mol. The third-order valence-electron chi connectivity index (χ3n) is 3.98. The van der Waals surface area contributed by atoms with Crippen LogP contribution in [0.25, 0.3) is 0 Å². The topological polar surface area (TPSA) is 30.5 Å². The summed E-state index contributed by atoms with van der Waals surface area (Å²) < 4.78 is 11.0. The molecule has 0 bridgehead atoms. The largest absolute Gasteiger partial charge is 0.493 e. The van der Waals surface area contributed by atoms with E-state index in [0.29, 0.717) is 6.04 Å². The lowest BCUT2D eigenvalue weighted by Gasteiger charge is -2.25. The van der Waals surface area contributed by atoms with E-state index >= 15 is 0 Å². The van der Waals surface area contributed by atoms with Crippen molar-refractivity contribution in [3.05, 3.63) is 23.8 Å². The van der Waals surface area contributed by atoms with E-state index in [1.165, 1.54) is 18.4 Å². The number of rotatable bonds is 9. The maximum atomic E-state index is 5.58. The third kappa shape index (κ3) is 4.14. The first-order chi connectivity index (χ1) is 9.71. The van der Waals surface area contributed by atoms with E-state index in [0.717, 1.165) is 30.4 Å². The fourth-order valence-electron chi connectivity index (χ4n) is 2.71. The van der Waals surface area contributed by atoms with Crippen molar-refractivity contribution in [2.75, 3.05) is 20.8 Å². The highest BCUT2D eigenvalue weighted by molar-refractivity contribution is 5.48. The molecule has 20 heavy (non-hydrogen) atoms. The van der Waals surface area contributed by atoms with Crippen LogP contribution < -0.4 is 14.8 Å². The van der Waals surface area contributed by atoms with Gasteiger partial charge in [-0.15, -0.1) is 0 Å². The molecular formula is C17H29NO2. The predicted molar refractivity (Wildman–Crippen MR) is 84.7 cm³/mol. The van der Waals surface area contributed by atoms with Crippen molar-refractivity contribution in [2.24, 2.45) is 5.92 Å². The van der Waals surface area contributed by atoms with E-state index in [9.17, 15) is 0 Å². The van der Waals surface area contributed by atoms with Crippen LogP contribution in [0, 0.1) is 5.92 Å². The van der Waals surface area contributed by atoms with Gasteiger partial charge in [-0.25, -0.2) is 0 Å². The van der Waals surface area contributed by atoms with Gasteiger partial charge in [0.15, 0.2) is 11.5 Å². The zero-order chi connectivity index (χ0) is 15.0. The van der Waals surface area contributed by atoms with Crippen LogP contribution >= 0.6 is 0 Å². The summed E-state index contributed by atoms with van der Waals surface area (Å²) in [5, 5.41) is 3.59. The van der Waals surface area contributed by atoms with Crippen LogP contribution in [0.2, 0.25) is 0 Å². The minimum Gasteiger partial charge on any atom is -0.493 e. The highest BCUT2D eigenvalue weighted by atomic mass is 16.5. The molecule has 0 amide bonds. The molecule has 1 aromatic carbocycles. The molecule has 0 aliphatic rings.